The smallest absolute Gasteiger partial charge is 0.272 e. The second kappa shape index (κ2) is 5.77. The van der Waals surface area contributed by atoms with Gasteiger partial charge in [0.2, 0.25) is 0 Å². The van der Waals surface area contributed by atoms with Crippen molar-refractivity contribution in [3.63, 3.8) is 0 Å². The standard InChI is InChI=1S/C12H15FN2O3/c13-11-7-9(15(16)17)4-5-12(11)14-8-10-3-1-2-6-18-10/h4-5,7,10,14H,1-3,6,8H2. The van der Waals surface area contributed by atoms with Crippen LogP contribution in [0.2, 0.25) is 0 Å². The minimum atomic E-state index is -0.614. The lowest BCUT2D eigenvalue weighted by molar-refractivity contribution is -0.385. The number of nitro benzene ring substituents is 1. The second-order valence-electron chi connectivity index (χ2n) is 4.29. The largest absolute Gasteiger partial charge is 0.380 e. The van der Waals surface area contributed by atoms with Crippen LogP contribution in [0.5, 0.6) is 0 Å². The number of halogens is 1. The number of hydrogen-bond acceptors (Lipinski definition) is 4. The molecule has 98 valence electrons. The van der Waals surface area contributed by atoms with Crippen molar-refractivity contribution in [1.29, 1.82) is 0 Å². The van der Waals surface area contributed by atoms with Crippen LogP contribution in [0.1, 0.15) is 19.3 Å². The maximum absolute atomic E-state index is 13.6. The van der Waals surface area contributed by atoms with Gasteiger partial charge in [0.1, 0.15) is 0 Å². The average Bonchev–Trinajstić information content (AvgIpc) is 2.38. The number of hydrogen-bond donors (Lipinski definition) is 1. The van der Waals surface area contributed by atoms with Crippen LogP contribution in [0.4, 0.5) is 15.8 Å². The summed E-state index contributed by atoms with van der Waals surface area (Å²) in [6, 6.07) is 3.59. The van der Waals surface area contributed by atoms with Crippen LogP contribution in [0.3, 0.4) is 0 Å². The Morgan fingerprint density at radius 3 is 2.94 bits per heavy atom. The van der Waals surface area contributed by atoms with Crippen molar-refractivity contribution >= 4 is 11.4 Å². The summed E-state index contributed by atoms with van der Waals surface area (Å²) < 4.78 is 19.1. The molecule has 1 unspecified atom stereocenters. The van der Waals surface area contributed by atoms with Gasteiger partial charge in [-0.2, -0.15) is 0 Å². The maximum atomic E-state index is 13.6. The molecule has 1 N–H and O–H groups in total. The van der Waals surface area contributed by atoms with Gasteiger partial charge in [0.25, 0.3) is 5.69 Å². The van der Waals surface area contributed by atoms with Gasteiger partial charge >= 0.3 is 0 Å². The summed E-state index contributed by atoms with van der Waals surface area (Å²) >= 11 is 0. The third-order valence-electron chi connectivity index (χ3n) is 2.96. The van der Waals surface area contributed by atoms with E-state index in [0.29, 0.717) is 6.54 Å². The summed E-state index contributed by atoms with van der Waals surface area (Å²) in [5.41, 5.74) is 0.0294. The monoisotopic (exact) mass is 254 g/mol. The molecule has 0 aliphatic carbocycles. The minimum Gasteiger partial charge on any atom is -0.380 e. The fourth-order valence-corrected chi connectivity index (χ4v) is 1.95. The zero-order valence-electron chi connectivity index (χ0n) is 9.89. The van der Waals surface area contributed by atoms with Gasteiger partial charge in [-0.25, -0.2) is 4.39 Å². The zero-order valence-corrected chi connectivity index (χ0v) is 9.89. The maximum Gasteiger partial charge on any atom is 0.272 e. The molecule has 0 saturated carbocycles. The van der Waals surface area contributed by atoms with Crippen LogP contribution in [0.15, 0.2) is 18.2 Å². The summed E-state index contributed by atoms with van der Waals surface area (Å²) in [5, 5.41) is 13.4. The van der Waals surface area contributed by atoms with E-state index in [1.54, 1.807) is 0 Å². The van der Waals surface area contributed by atoms with Gasteiger partial charge in [0.05, 0.1) is 22.8 Å². The van der Waals surface area contributed by atoms with Crippen LogP contribution in [0, 0.1) is 15.9 Å². The molecule has 1 saturated heterocycles. The van der Waals surface area contributed by atoms with Crippen LogP contribution in [0.25, 0.3) is 0 Å². The van der Waals surface area contributed by atoms with Gasteiger partial charge in [-0.3, -0.25) is 10.1 Å². The van der Waals surface area contributed by atoms with E-state index in [0.717, 1.165) is 31.9 Å². The van der Waals surface area contributed by atoms with Crippen LogP contribution in [-0.2, 0) is 4.74 Å². The summed E-state index contributed by atoms with van der Waals surface area (Å²) in [5.74, 6) is -0.611. The first-order chi connectivity index (χ1) is 8.66. The number of nitrogens with zero attached hydrogens (tertiary/aromatic N) is 1. The molecule has 0 radical (unpaired) electrons. The van der Waals surface area contributed by atoms with Crippen molar-refractivity contribution in [2.24, 2.45) is 0 Å². The second-order valence-corrected chi connectivity index (χ2v) is 4.29. The Morgan fingerprint density at radius 2 is 2.33 bits per heavy atom. The quantitative estimate of drug-likeness (QED) is 0.662. The molecule has 1 aromatic rings. The van der Waals surface area contributed by atoms with Crippen molar-refractivity contribution in [3.8, 4) is 0 Å². The highest BCUT2D eigenvalue weighted by molar-refractivity contribution is 5.50. The van der Waals surface area contributed by atoms with Crippen molar-refractivity contribution < 1.29 is 14.1 Å². The van der Waals surface area contributed by atoms with E-state index in [-0.39, 0.29) is 17.5 Å². The van der Waals surface area contributed by atoms with Crippen molar-refractivity contribution in [3.05, 3.63) is 34.1 Å². The SMILES string of the molecule is O=[N+]([O-])c1ccc(NCC2CCCCO2)c(F)c1. The van der Waals surface area contributed by atoms with Gasteiger partial charge in [0.15, 0.2) is 5.82 Å². The topological polar surface area (TPSA) is 64.4 Å². The lowest BCUT2D eigenvalue weighted by Gasteiger charge is -2.23. The number of non-ortho nitro benzene ring substituents is 1. The molecule has 0 bridgehead atoms. The first-order valence-corrected chi connectivity index (χ1v) is 5.96. The Bertz CT molecular complexity index is 433. The Kier molecular flexibility index (Phi) is 4.09. The van der Waals surface area contributed by atoms with Crippen molar-refractivity contribution in [2.75, 3.05) is 18.5 Å². The fourth-order valence-electron chi connectivity index (χ4n) is 1.95. The average molecular weight is 254 g/mol. The van der Waals surface area contributed by atoms with Crippen LogP contribution >= 0.6 is 0 Å². The third kappa shape index (κ3) is 3.16. The normalized spacial score (nSPS) is 19.5. The number of nitrogens with one attached hydrogen (secondary N) is 1. The molecule has 1 heterocycles. The lowest BCUT2D eigenvalue weighted by Crippen LogP contribution is -2.27. The molecule has 1 aliphatic heterocycles. The molecule has 0 amide bonds. The van der Waals surface area contributed by atoms with E-state index in [9.17, 15) is 14.5 Å². The first kappa shape index (κ1) is 12.8. The highest BCUT2D eigenvalue weighted by Gasteiger charge is 2.15. The number of nitro groups is 1. The number of rotatable bonds is 4. The van der Waals surface area contributed by atoms with Crippen LogP contribution in [-0.4, -0.2) is 24.2 Å². The minimum absolute atomic E-state index is 0.0911. The molecule has 6 heteroatoms. The van der Waals surface area contributed by atoms with Gasteiger partial charge in [-0.15, -0.1) is 0 Å². The molecular formula is C12H15FN2O3. The highest BCUT2D eigenvalue weighted by atomic mass is 19.1. The molecule has 5 nitrogen and oxygen atoms in total. The van der Waals surface area contributed by atoms with E-state index in [2.05, 4.69) is 5.32 Å². The summed E-state index contributed by atoms with van der Waals surface area (Å²) in [6.45, 7) is 1.27. The molecule has 0 aromatic heterocycles. The van der Waals surface area contributed by atoms with E-state index < -0.39 is 10.7 Å². The molecule has 1 aromatic carbocycles. The highest BCUT2D eigenvalue weighted by Crippen LogP contribution is 2.21. The summed E-state index contributed by atoms with van der Waals surface area (Å²) in [7, 11) is 0. The number of benzene rings is 1. The molecule has 18 heavy (non-hydrogen) atoms. The van der Waals surface area contributed by atoms with E-state index >= 15 is 0 Å². The predicted molar refractivity (Wildman–Crippen MR) is 65.1 cm³/mol. The fraction of sp³-hybridized carbons (Fsp3) is 0.500. The third-order valence-corrected chi connectivity index (χ3v) is 2.96. The predicted octanol–water partition coefficient (Wildman–Crippen LogP) is 2.71. The van der Waals surface area contributed by atoms with Gasteiger partial charge in [-0.1, -0.05) is 0 Å². The molecule has 1 atom stereocenters. The summed E-state index contributed by atoms with van der Waals surface area (Å²) in [6.07, 6.45) is 3.24. The van der Waals surface area contributed by atoms with Crippen LogP contribution < -0.4 is 5.32 Å². The Labute approximate surface area is 104 Å². The van der Waals surface area contributed by atoms with E-state index in [1.807, 2.05) is 0 Å². The number of anilines is 1. The van der Waals surface area contributed by atoms with E-state index in [1.165, 1.54) is 12.1 Å². The molecule has 1 aliphatic rings. The Hall–Kier alpha value is -1.69. The zero-order chi connectivity index (χ0) is 13.0. The van der Waals surface area contributed by atoms with Crippen molar-refractivity contribution in [2.45, 2.75) is 25.4 Å². The molecular weight excluding hydrogens is 239 g/mol. The Balaban J connectivity index is 1.94. The summed E-state index contributed by atoms with van der Waals surface area (Å²) in [4.78, 5) is 9.85. The van der Waals surface area contributed by atoms with Gasteiger partial charge in [-0.05, 0) is 25.3 Å². The molecule has 1 fully saturated rings. The lowest BCUT2D eigenvalue weighted by atomic mass is 10.1. The Morgan fingerprint density at radius 1 is 1.50 bits per heavy atom. The molecule has 0 spiro atoms. The van der Waals surface area contributed by atoms with E-state index in [4.69, 9.17) is 4.74 Å². The van der Waals surface area contributed by atoms with Gasteiger partial charge < -0.3 is 10.1 Å². The van der Waals surface area contributed by atoms with Crippen molar-refractivity contribution in [1.82, 2.24) is 0 Å². The van der Waals surface area contributed by atoms with Gasteiger partial charge in [0, 0.05) is 19.2 Å². The first-order valence-electron chi connectivity index (χ1n) is 5.96. The molecule has 2 rings (SSSR count). The number of ether oxygens (including phenoxy) is 1.